The molecule has 0 saturated heterocycles. The Balaban J connectivity index is 1.91. The van der Waals surface area contributed by atoms with Crippen molar-refractivity contribution < 1.29 is 18.7 Å². The molecule has 17 heavy (non-hydrogen) atoms. The van der Waals surface area contributed by atoms with Crippen LogP contribution < -0.4 is 0 Å². The van der Waals surface area contributed by atoms with Crippen LogP contribution in [-0.4, -0.2) is 11.8 Å². The van der Waals surface area contributed by atoms with Gasteiger partial charge in [-0.05, 0) is 17.7 Å². The molecule has 1 aromatic carbocycles. The lowest BCUT2D eigenvalue weighted by molar-refractivity contribution is -0.138. The van der Waals surface area contributed by atoms with Crippen LogP contribution in [0.25, 0.3) is 0 Å². The molecule has 88 valence electrons. The van der Waals surface area contributed by atoms with E-state index >= 15 is 0 Å². The predicted molar refractivity (Wildman–Crippen MR) is 58.5 cm³/mol. The van der Waals surface area contributed by atoms with Crippen molar-refractivity contribution in [2.45, 2.75) is 19.3 Å². The molecule has 1 aliphatic carbocycles. The van der Waals surface area contributed by atoms with Crippen LogP contribution in [-0.2, 0) is 20.7 Å². The van der Waals surface area contributed by atoms with Crippen molar-refractivity contribution in [3.05, 3.63) is 47.5 Å². The number of ketones is 1. The smallest absolute Gasteiger partial charge is 0.315 e. The third kappa shape index (κ3) is 3.24. The number of carbonyl (C=O) groups is 2. The summed E-state index contributed by atoms with van der Waals surface area (Å²) in [5.74, 6) is -0.375. The maximum Gasteiger partial charge on any atom is 0.315 e. The maximum atomic E-state index is 12.6. The molecule has 0 heterocycles. The van der Waals surface area contributed by atoms with E-state index in [9.17, 15) is 14.0 Å². The van der Waals surface area contributed by atoms with E-state index in [0.717, 1.165) is 0 Å². The SMILES string of the molecule is O=C1C=C(OC(=O)Cc2ccc(F)cc2)CC1. The van der Waals surface area contributed by atoms with Crippen LogP contribution >= 0.6 is 0 Å². The first-order chi connectivity index (χ1) is 8.13. The highest BCUT2D eigenvalue weighted by Crippen LogP contribution is 2.16. The largest absolute Gasteiger partial charge is 0.431 e. The summed E-state index contributed by atoms with van der Waals surface area (Å²) in [5, 5.41) is 0. The number of benzene rings is 1. The Morgan fingerprint density at radius 3 is 2.53 bits per heavy atom. The van der Waals surface area contributed by atoms with Crippen LogP contribution in [0.4, 0.5) is 4.39 Å². The van der Waals surface area contributed by atoms with E-state index in [0.29, 0.717) is 24.2 Å². The minimum absolute atomic E-state index is 0.0189. The van der Waals surface area contributed by atoms with Crippen LogP contribution in [0.15, 0.2) is 36.1 Å². The molecule has 0 fully saturated rings. The second-order valence-corrected chi connectivity index (χ2v) is 3.85. The monoisotopic (exact) mass is 234 g/mol. The predicted octanol–water partition coefficient (Wildman–Crippen LogP) is 2.16. The van der Waals surface area contributed by atoms with Gasteiger partial charge in [0.1, 0.15) is 11.6 Å². The van der Waals surface area contributed by atoms with Gasteiger partial charge in [-0.1, -0.05) is 12.1 Å². The summed E-state index contributed by atoms with van der Waals surface area (Å²) < 4.78 is 17.7. The van der Waals surface area contributed by atoms with Crippen LogP contribution in [0, 0.1) is 5.82 Å². The number of allylic oxidation sites excluding steroid dienone is 2. The van der Waals surface area contributed by atoms with Crippen molar-refractivity contribution in [1.29, 1.82) is 0 Å². The Morgan fingerprint density at radius 2 is 1.94 bits per heavy atom. The van der Waals surface area contributed by atoms with Gasteiger partial charge in [-0.25, -0.2) is 4.39 Å². The van der Waals surface area contributed by atoms with E-state index in [2.05, 4.69) is 0 Å². The molecule has 0 spiro atoms. The van der Waals surface area contributed by atoms with E-state index < -0.39 is 5.97 Å². The summed E-state index contributed by atoms with van der Waals surface area (Å²) in [6, 6.07) is 5.65. The first-order valence-electron chi connectivity index (χ1n) is 5.32. The zero-order valence-corrected chi connectivity index (χ0v) is 9.11. The van der Waals surface area contributed by atoms with Gasteiger partial charge in [0.2, 0.25) is 0 Å². The van der Waals surface area contributed by atoms with Crippen molar-refractivity contribution in [2.75, 3.05) is 0 Å². The third-order valence-corrected chi connectivity index (χ3v) is 2.45. The molecule has 0 N–H and O–H groups in total. The van der Waals surface area contributed by atoms with Crippen LogP contribution in [0.1, 0.15) is 18.4 Å². The molecule has 0 radical (unpaired) electrons. The molecular formula is C13H11FO3. The highest BCUT2D eigenvalue weighted by atomic mass is 19.1. The number of hydrogen-bond donors (Lipinski definition) is 0. The van der Waals surface area contributed by atoms with E-state index in [4.69, 9.17) is 4.74 Å². The standard InChI is InChI=1S/C13H11FO3/c14-10-3-1-9(2-4-10)7-13(16)17-12-6-5-11(15)8-12/h1-4,8H,5-7H2. The minimum atomic E-state index is -0.433. The Bertz CT molecular complexity index is 474. The number of rotatable bonds is 3. The van der Waals surface area contributed by atoms with E-state index in [1.54, 1.807) is 0 Å². The zero-order valence-electron chi connectivity index (χ0n) is 9.11. The van der Waals surface area contributed by atoms with Gasteiger partial charge >= 0.3 is 5.97 Å². The molecule has 2 rings (SSSR count). The molecule has 0 aromatic heterocycles. The summed E-state index contributed by atoms with van der Waals surface area (Å²) in [4.78, 5) is 22.4. The molecule has 0 saturated carbocycles. The molecule has 0 bridgehead atoms. The fourth-order valence-electron chi connectivity index (χ4n) is 1.60. The Morgan fingerprint density at radius 1 is 1.24 bits per heavy atom. The Labute approximate surface area is 97.9 Å². The van der Waals surface area contributed by atoms with Crippen molar-refractivity contribution in [3.63, 3.8) is 0 Å². The molecule has 0 amide bonds. The van der Waals surface area contributed by atoms with Crippen molar-refractivity contribution in [3.8, 4) is 0 Å². The molecule has 1 aliphatic rings. The molecular weight excluding hydrogens is 223 g/mol. The van der Waals surface area contributed by atoms with Gasteiger partial charge in [-0.2, -0.15) is 0 Å². The van der Waals surface area contributed by atoms with Gasteiger partial charge < -0.3 is 4.74 Å². The summed E-state index contributed by atoms with van der Waals surface area (Å²) in [6.45, 7) is 0. The number of hydrogen-bond acceptors (Lipinski definition) is 3. The van der Waals surface area contributed by atoms with Gasteiger partial charge in [0.05, 0.1) is 6.42 Å². The van der Waals surface area contributed by atoms with E-state index in [-0.39, 0.29) is 18.0 Å². The van der Waals surface area contributed by atoms with Crippen molar-refractivity contribution >= 4 is 11.8 Å². The Hall–Kier alpha value is -1.97. The second-order valence-electron chi connectivity index (χ2n) is 3.85. The minimum Gasteiger partial charge on any atom is -0.431 e. The Kier molecular flexibility index (Phi) is 3.32. The molecule has 4 heteroatoms. The number of ether oxygens (including phenoxy) is 1. The van der Waals surface area contributed by atoms with Gasteiger partial charge in [-0.3, -0.25) is 9.59 Å². The van der Waals surface area contributed by atoms with Gasteiger partial charge in [0.15, 0.2) is 5.78 Å². The van der Waals surface area contributed by atoms with Crippen LogP contribution in [0.2, 0.25) is 0 Å². The molecule has 0 unspecified atom stereocenters. The summed E-state index contributed by atoms with van der Waals surface area (Å²) in [5.41, 5.74) is 0.682. The third-order valence-electron chi connectivity index (χ3n) is 2.45. The quantitative estimate of drug-likeness (QED) is 0.753. The zero-order chi connectivity index (χ0) is 12.3. The highest BCUT2D eigenvalue weighted by Gasteiger charge is 2.16. The van der Waals surface area contributed by atoms with Gasteiger partial charge in [0, 0.05) is 18.9 Å². The summed E-state index contributed by atoms with van der Waals surface area (Å²) in [7, 11) is 0. The van der Waals surface area contributed by atoms with Crippen LogP contribution in [0.3, 0.4) is 0 Å². The van der Waals surface area contributed by atoms with Crippen molar-refractivity contribution in [2.24, 2.45) is 0 Å². The number of carbonyl (C=O) groups excluding carboxylic acids is 2. The number of halogens is 1. The van der Waals surface area contributed by atoms with Gasteiger partial charge in [-0.15, -0.1) is 0 Å². The molecule has 1 aromatic rings. The fourth-order valence-corrected chi connectivity index (χ4v) is 1.60. The van der Waals surface area contributed by atoms with Crippen LogP contribution in [0.5, 0.6) is 0 Å². The lowest BCUT2D eigenvalue weighted by Gasteiger charge is -2.04. The summed E-state index contributed by atoms with van der Waals surface area (Å²) >= 11 is 0. The van der Waals surface area contributed by atoms with E-state index in [1.807, 2.05) is 0 Å². The lowest BCUT2D eigenvalue weighted by atomic mass is 10.1. The average molecular weight is 234 g/mol. The van der Waals surface area contributed by atoms with Crippen molar-refractivity contribution in [1.82, 2.24) is 0 Å². The fraction of sp³-hybridized carbons (Fsp3) is 0.231. The topological polar surface area (TPSA) is 43.4 Å². The molecule has 3 nitrogen and oxygen atoms in total. The van der Waals surface area contributed by atoms with Gasteiger partial charge in [0.25, 0.3) is 0 Å². The highest BCUT2D eigenvalue weighted by molar-refractivity contribution is 5.93. The first kappa shape index (κ1) is 11.5. The average Bonchev–Trinajstić information content (AvgIpc) is 2.67. The maximum absolute atomic E-state index is 12.6. The molecule has 0 atom stereocenters. The summed E-state index contributed by atoms with van der Waals surface area (Å²) in [6.07, 6.45) is 2.31. The number of esters is 1. The normalized spacial score (nSPS) is 14.6. The first-order valence-corrected chi connectivity index (χ1v) is 5.32. The molecule has 0 aliphatic heterocycles. The van der Waals surface area contributed by atoms with E-state index in [1.165, 1.54) is 30.3 Å². The second kappa shape index (κ2) is 4.91. The lowest BCUT2D eigenvalue weighted by Crippen LogP contribution is -2.07.